The smallest absolute Gasteiger partial charge is 0.322 e. The Morgan fingerprint density at radius 3 is 2.21 bits per heavy atom. The van der Waals surface area contributed by atoms with Crippen LogP contribution in [0.25, 0.3) is 0 Å². The summed E-state index contributed by atoms with van der Waals surface area (Å²) in [6, 6.07) is -1.61. The van der Waals surface area contributed by atoms with Crippen LogP contribution in [0.4, 0.5) is 0 Å². The predicted octanol–water partition coefficient (Wildman–Crippen LogP) is 0.414. The van der Waals surface area contributed by atoms with E-state index in [0.717, 1.165) is 32.1 Å². The van der Waals surface area contributed by atoms with Crippen molar-refractivity contribution in [1.82, 2.24) is 4.72 Å². The van der Waals surface area contributed by atoms with Gasteiger partial charge in [-0.05, 0) is 18.8 Å². The standard InChI is InChI=1S/C11H19NO6S/c13-10(14)6-9(11(15)16)12-19(17,18)7-8-4-2-1-3-5-8/h8-9,12H,1-7H2,(H,13,14)(H,15,16)/t9-/m1/s1. The largest absolute Gasteiger partial charge is 0.481 e. The minimum Gasteiger partial charge on any atom is -0.481 e. The topological polar surface area (TPSA) is 121 Å². The molecule has 0 saturated heterocycles. The Hall–Kier alpha value is -1.15. The van der Waals surface area contributed by atoms with Gasteiger partial charge in [0.2, 0.25) is 10.0 Å². The maximum Gasteiger partial charge on any atom is 0.322 e. The molecule has 0 amide bonds. The number of rotatable bonds is 7. The molecule has 1 saturated carbocycles. The average molecular weight is 293 g/mol. The van der Waals surface area contributed by atoms with E-state index in [4.69, 9.17) is 10.2 Å². The van der Waals surface area contributed by atoms with Crippen LogP contribution in [0.3, 0.4) is 0 Å². The summed E-state index contributed by atoms with van der Waals surface area (Å²) >= 11 is 0. The Kier molecular flexibility index (Phi) is 5.74. The maximum atomic E-state index is 11.8. The Balaban J connectivity index is 2.59. The Bertz CT molecular complexity index is 426. The van der Waals surface area contributed by atoms with Gasteiger partial charge in [-0.1, -0.05) is 19.3 Å². The van der Waals surface area contributed by atoms with Crippen molar-refractivity contribution in [2.24, 2.45) is 5.92 Å². The molecule has 1 aliphatic rings. The molecule has 0 spiro atoms. The second-order valence-corrected chi connectivity index (χ2v) is 6.69. The third-order valence-corrected chi connectivity index (χ3v) is 4.73. The summed E-state index contributed by atoms with van der Waals surface area (Å²) in [6.45, 7) is 0. The zero-order valence-electron chi connectivity index (χ0n) is 10.5. The second-order valence-electron chi connectivity index (χ2n) is 4.89. The van der Waals surface area contributed by atoms with Crippen molar-refractivity contribution in [3.63, 3.8) is 0 Å². The summed E-state index contributed by atoms with van der Waals surface area (Å²) in [7, 11) is -3.77. The summed E-state index contributed by atoms with van der Waals surface area (Å²) < 4.78 is 25.6. The number of carbonyl (C=O) groups is 2. The fourth-order valence-corrected chi connectivity index (χ4v) is 3.95. The first-order chi connectivity index (χ1) is 8.80. The molecule has 3 N–H and O–H groups in total. The van der Waals surface area contributed by atoms with Gasteiger partial charge in [-0.3, -0.25) is 9.59 Å². The quantitative estimate of drug-likeness (QED) is 0.625. The highest BCUT2D eigenvalue weighted by molar-refractivity contribution is 7.89. The van der Waals surface area contributed by atoms with Gasteiger partial charge in [0.15, 0.2) is 0 Å². The monoisotopic (exact) mass is 293 g/mol. The van der Waals surface area contributed by atoms with Gasteiger partial charge in [0.1, 0.15) is 6.04 Å². The molecule has 1 fully saturated rings. The van der Waals surface area contributed by atoms with Crippen LogP contribution in [0.2, 0.25) is 0 Å². The van der Waals surface area contributed by atoms with Gasteiger partial charge in [-0.15, -0.1) is 0 Å². The fourth-order valence-electron chi connectivity index (χ4n) is 2.28. The van der Waals surface area contributed by atoms with Crippen LogP contribution in [0.5, 0.6) is 0 Å². The summed E-state index contributed by atoms with van der Waals surface area (Å²) in [6.07, 6.45) is 3.93. The van der Waals surface area contributed by atoms with Crippen LogP contribution in [-0.2, 0) is 19.6 Å². The molecule has 0 aromatic heterocycles. The number of nitrogens with one attached hydrogen (secondary N) is 1. The molecule has 7 nitrogen and oxygen atoms in total. The third-order valence-electron chi connectivity index (χ3n) is 3.18. The average Bonchev–Trinajstić information content (AvgIpc) is 2.27. The number of hydrogen-bond acceptors (Lipinski definition) is 4. The molecule has 19 heavy (non-hydrogen) atoms. The van der Waals surface area contributed by atoms with Crippen LogP contribution in [0, 0.1) is 5.92 Å². The van der Waals surface area contributed by atoms with Crippen molar-refractivity contribution in [3.8, 4) is 0 Å². The first kappa shape index (κ1) is 15.9. The minimum absolute atomic E-state index is 0.0329. The lowest BCUT2D eigenvalue weighted by Crippen LogP contribution is -2.44. The van der Waals surface area contributed by atoms with E-state index < -0.39 is 34.4 Å². The molecular weight excluding hydrogens is 274 g/mol. The number of sulfonamides is 1. The van der Waals surface area contributed by atoms with E-state index in [-0.39, 0.29) is 11.7 Å². The van der Waals surface area contributed by atoms with Crippen molar-refractivity contribution >= 4 is 22.0 Å². The Labute approximate surface area is 112 Å². The molecule has 0 aliphatic heterocycles. The number of hydrogen-bond donors (Lipinski definition) is 3. The van der Waals surface area contributed by atoms with Crippen molar-refractivity contribution in [2.45, 2.75) is 44.6 Å². The number of carboxylic acids is 2. The van der Waals surface area contributed by atoms with E-state index in [0.29, 0.717) is 0 Å². The fraction of sp³-hybridized carbons (Fsp3) is 0.818. The lowest BCUT2D eigenvalue weighted by molar-refractivity contribution is -0.145. The Morgan fingerprint density at radius 1 is 1.16 bits per heavy atom. The molecule has 0 heterocycles. The van der Waals surface area contributed by atoms with Gasteiger partial charge < -0.3 is 10.2 Å². The normalized spacial score (nSPS) is 18.9. The lowest BCUT2D eigenvalue weighted by Gasteiger charge is -2.22. The van der Waals surface area contributed by atoms with Crippen molar-refractivity contribution < 1.29 is 28.2 Å². The highest BCUT2D eigenvalue weighted by atomic mass is 32.2. The summed E-state index contributed by atoms with van der Waals surface area (Å²) in [4.78, 5) is 21.3. The summed E-state index contributed by atoms with van der Waals surface area (Å²) in [5, 5.41) is 17.4. The molecule has 8 heteroatoms. The third kappa shape index (κ3) is 6.02. The van der Waals surface area contributed by atoms with Gasteiger partial charge in [0.25, 0.3) is 0 Å². The zero-order chi connectivity index (χ0) is 14.5. The first-order valence-electron chi connectivity index (χ1n) is 6.25. The van der Waals surface area contributed by atoms with Gasteiger partial charge in [0.05, 0.1) is 12.2 Å². The van der Waals surface area contributed by atoms with E-state index in [2.05, 4.69) is 0 Å². The SMILES string of the molecule is O=C(O)C[C@@H](NS(=O)(=O)CC1CCCCC1)C(=O)O. The van der Waals surface area contributed by atoms with E-state index in [9.17, 15) is 18.0 Å². The molecule has 0 aromatic carbocycles. The zero-order valence-corrected chi connectivity index (χ0v) is 11.4. The highest BCUT2D eigenvalue weighted by Crippen LogP contribution is 2.24. The maximum absolute atomic E-state index is 11.8. The van der Waals surface area contributed by atoms with E-state index in [1.54, 1.807) is 0 Å². The Morgan fingerprint density at radius 2 is 1.74 bits per heavy atom. The van der Waals surface area contributed by atoms with Crippen LogP contribution < -0.4 is 4.72 Å². The first-order valence-corrected chi connectivity index (χ1v) is 7.90. The molecule has 0 radical (unpaired) electrons. The molecule has 0 unspecified atom stereocenters. The second kappa shape index (κ2) is 6.85. The number of carboxylic acid groups (broad SMARTS) is 2. The van der Waals surface area contributed by atoms with E-state index in [1.807, 2.05) is 4.72 Å². The molecule has 110 valence electrons. The van der Waals surface area contributed by atoms with Gasteiger partial charge >= 0.3 is 11.9 Å². The minimum atomic E-state index is -3.77. The van der Waals surface area contributed by atoms with Crippen LogP contribution in [-0.4, -0.2) is 42.4 Å². The number of aliphatic carboxylic acids is 2. The van der Waals surface area contributed by atoms with Crippen LogP contribution in [0.1, 0.15) is 38.5 Å². The lowest BCUT2D eigenvalue weighted by atomic mass is 9.91. The van der Waals surface area contributed by atoms with E-state index >= 15 is 0 Å². The van der Waals surface area contributed by atoms with Gasteiger partial charge in [0, 0.05) is 0 Å². The van der Waals surface area contributed by atoms with Crippen molar-refractivity contribution in [2.75, 3.05) is 5.75 Å². The molecule has 1 rings (SSSR count). The van der Waals surface area contributed by atoms with Crippen molar-refractivity contribution in [3.05, 3.63) is 0 Å². The molecular formula is C11H19NO6S. The highest BCUT2D eigenvalue weighted by Gasteiger charge is 2.28. The summed E-state index contributed by atoms with van der Waals surface area (Å²) in [5.41, 5.74) is 0. The van der Waals surface area contributed by atoms with Gasteiger partial charge in [-0.2, -0.15) is 0 Å². The van der Waals surface area contributed by atoms with Crippen LogP contribution >= 0.6 is 0 Å². The molecule has 0 aromatic rings. The van der Waals surface area contributed by atoms with E-state index in [1.165, 1.54) is 0 Å². The molecule has 1 aliphatic carbocycles. The van der Waals surface area contributed by atoms with Gasteiger partial charge in [-0.25, -0.2) is 13.1 Å². The molecule has 0 bridgehead atoms. The van der Waals surface area contributed by atoms with Crippen LogP contribution in [0.15, 0.2) is 0 Å². The summed E-state index contributed by atoms with van der Waals surface area (Å²) in [5.74, 6) is -2.93. The van der Waals surface area contributed by atoms with Crippen molar-refractivity contribution in [1.29, 1.82) is 0 Å². The molecule has 1 atom stereocenters. The predicted molar refractivity (Wildman–Crippen MR) is 67.2 cm³/mol.